The number of quaternary nitrogens is 1. The molecule has 0 aliphatic carbocycles. The summed E-state index contributed by atoms with van der Waals surface area (Å²) in [6.45, 7) is 6.32. The van der Waals surface area contributed by atoms with Crippen LogP contribution in [-0.2, 0) is 0 Å². The van der Waals surface area contributed by atoms with E-state index in [0.717, 1.165) is 24.4 Å². The molecule has 24 heavy (non-hydrogen) atoms. The van der Waals surface area contributed by atoms with Crippen LogP contribution in [0.5, 0.6) is 5.75 Å². The lowest BCUT2D eigenvalue weighted by Crippen LogP contribution is -2.89. The lowest BCUT2D eigenvalue weighted by Gasteiger charge is -2.28. The summed E-state index contributed by atoms with van der Waals surface area (Å²) in [6, 6.07) is 15.0. The summed E-state index contributed by atoms with van der Waals surface area (Å²) in [5, 5.41) is 12.7. The molecule has 1 aliphatic heterocycles. The number of para-hydroxylation sites is 2. The number of ether oxygens (including phenoxy) is 1. The summed E-state index contributed by atoms with van der Waals surface area (Å²) >= 11 is 0. The fourth-order valence-corrected chi connectivity index (χ4v) is 2.68. The fraction of sp³-hybridized carbons (Fsp3) is 0.316. The van der Waals surface area contributed by atoms with Crippen LogP contribution in [0.3, 0.4) is 0 Å². The van der Waals surface area contributed by atoms with Gasteiger partial charge in [0.1, 0.15) is 5.75 Å². The molecule has 0 unspecified atom stereocenters. The van der Waals surface area contributed by atoms with E-state index in [-0.39, 0.29) is 5.56 Å². The summed E-state index contributed by atoms with van der Waals surface area (Å²) < 4.78 is 5.35. The first-order chi connectivity index (χ1) is 11.6. The average molecular weight is 328 g/mol. The first-order valence-electron chi connectivity index (χ1n) is 8.10. The highest BCUT2D eigenvalue weighted by Crippen LogP contribution is 2.27. The Morgan fingerprint density at radius 2 is 1.71 bits per heavy atom. The van der Waals surface area contributed by atoms with Crippen molar-refractivity contribution in [2.45, 2.75) is 6.92 Å². The van der Waals surface area contributed by atoms with Crippen LogP contribution < -0.4 is 20.1 Å². The number of aryl methyl sites for hydroxylation is 1. The Bertz CT molecular complexity index is 667. The number of nitrogens with two attached hydrogens (primary N) is 1. The molecule has 2 aromatic carbocycles. The largest absolute Gasteiger partial charge is 0.545 e. The number of carbonyl (C=O) groups excluding carboxylic acids is 1. The van der Waals surface area contributed by atoms with Crippen molar-refractivity contribution in [1.82, 2.24) is 0 Å². The molecule has 128 valence electrons. The van der Waals surface area contributed by atoms with Gasteiger partial charge in [-0.3, -0.25) is 0 Å². The molecule has 0 atom stereocenters. The Hall–Kier alpha value is -2.53. The van der Waals surface area contributed by atoms with Crippen LogP contribution in [0.2, 0.25) is 0 Å². The minimum absolute atomic E-state index is 0.266. The van der Waals surface area contributed by atoms with E-state index in [0.29, 0.717) is 0 Å². The molecule has 0 bridgehead atoms. The van der Waals surface area contributed by atoms with Gasteiger partial charge in [-0.25, -0.2) is 0 Å². The maximum Gasteiger partial charge on any atom is 0.142 e. The number of anilines is 1. The third kappa shape index (κ3) is 4.73. The second-order valence-corrected chi connectivity index (χ2v) is 5.63. The molecule has 0 aromatic heterocycles. The van der Waals surface area contributed by atoms with Gasteiger partial charge in [0.2, 0.25) is 0 Å². The number of nitrogens with zero attached hydrogens (tertiary/aromatic N) is 1. The molecule has 1 saturated heterocycles. The summed E-state index contributed by atoms with van der Waals surface area (Å²) in [4.78, 5) is 12.7. The number of carbonyl (C=O) groups is 1. The van der Waals surface area contributed by atoms with Gasteiger partial charge in [-0.15, -0.1) is 0 Å². The van der Waals surface area contributed by atoms with Crippen molar-refractivity contribution in [3.8, 4) is 5.75 Å². The van der Waals surface area contributed by atoms with E-state index in [4.69, 9.17) is 4.74 Å². The molecular formula is C19H24N2O3. The predicted molar refractivity (Wildman–Crippen MR) is 92.4 cm³/mol. The van der Waals surface area contributed by atoms with Crippen molar-refractivity contribution in [2.75, 3.05) is 38.2 Å². The normalized spacial score (nSPS) is 13.7. The van der Waals surface area contributed by atoms with E-state index in [1.165, 1.54) is 24.8 Å². The van der Waals surface area contributed by atoms with Gasteiger partial charge < -0.3 is 24.9 Å². The predicted octanol–water partition coefficient (Wildman–Crippen LogP) is 0.437. The molecule has 1 aliphatic rings. The van der Waals surface area contributed by atoms with Gasteiger partial charge in [-0.1, -0.05) is 36.4 Å². The topological polar surface area (TPSA) is 69.2 Å². The monoisotopic (exact) mass is 328 g/mol. The number of hydrogen-bond donors (Lipinski definition) is 1. The van der Waals surface area contributed by atoms with Crippen LogP contribution in [0.4, 0.5) is 5.69 Å². The zero-order valence-electron chi connectivity index (χ0n) is 14.2. The SMILES string of the molecule is COc1ccccc1N1CC[NH2+]CC1.Cc1ccccc1C(=O)[O-]. The van der Waals surface area contributed by atoms with Crippen molar-refractivity contribution >= 4 is 11.7 Å². The van der Waals surface area contributed by atoms with Crippen molar-refractivity contribution in [3.63, 3.8) is 0 Å². The second kappa shape index (κ2) is 8.93. The maximum atomic E-state index is 10.3. The lowest BCUT2D eigenvalue weighted by atomic mass is 10.1. The van der Waals surface area contributed by atoms with Crippen molar-refractivity contribution < 1.29 is 20.0 Å². The summed E-state index contributed by atoms with van der Waals surface area (Å²) in [6.07, 6.45) is 0. The molecule has 2 N–H and O–H groups in total. The van der Waals surface area contributed by atoms with Gasteiger partial charge >= 0.3 is 0 Å². The van der Waals surface area contributed by atoms with Crippen LogP contribution in [-0.4, -0.2) is 39.3 Å². The van der Waals surface area contributed by atoms with Crippen LogP contribution in [0.1, 0.15) is 15.9 Å². The average Bonchev–Trinajstić information content (AvgIpc) is 2.63. The summed E-state index contributed by atoms with van der Waals surface area (Å²) in [7, 11) is 1.73. The van der Waals surface area contributed by atoms with Crippen molar-refractivity contribution in [2.24, 2.45) is 0 Å². The van der Waals surface area contributed by atoms with Gasteiger partial charge in [0.25, 0.3) is 0 Å². The van der Waals surface area contributed by atoms with Crippen LogP contribution in [0.25, 0.3) is 0 Å². The molecule has 3 rings (SSSR count). The number of aromatic carboxylic acids is 1. The summed E-state index contributed by atoms with van der Waals surface area (Å²) in [5.41, 5.74) is 2.23. The minimum atomic E-state index is -1.11. The first-order valence-corrected chi connectivity index (χ1v) is 8.10. The standard InChI is InChI=1S/C11H16N2O.C8H8O2/c1-14-11-5-3-2-4-10(11)13-8-6-12-7-9-13;1-6-4-2-3-5-7(6)8(9)10/h2-5,12H,6-9H2,1H3;2-5H,1H3,(H,9,10). The second-order valence-electron chi connectivity index (χ2n) is 5.63. The number of rotatable bonds is 3. The van der Waals surface area contributed by atoms with Crippen molar-refractivity contribution in [3.05, 3.63) is 59.7 Å². The highest BCUT2D eigenvalue weighted by Gasteiger charge is 2.15. The van der Waals surface area contributed by atoms with E-state index in [9.17, 15) is 9.90 Å². The van der Waals surface area contributed by atoms with Crippen LogP contribution >= 0.6 is 0 Å². The number of methoxy groups -OCH3 is 1. The molecule has 0 saturated carbocycles. The Morgan fingerprint density at radius 3 is 2.29 bits per heavy atom. The Kier molecular flexibility index (Phi) is 6.63. The quantitative estimate of drug-likeness (QED) is 0.887. The maximum absolute atomic E-state index is 10.3. The number of benzene rings is 2. The zero-order chi connectivity index (χ0) is 17.4. The van der Waals surface area contributed by atoms with Crippen molar-refractivity contribution in [1.29, 1.82) is 0 Å². The van der Waals surface area contributed by atoms with E-state index in [1.807, 2.05) is 12.1 Å². The lowest BCUT2D eigenvalue weighted by molar-refractivity contribution is -0.655. The molecule has 0 amide bonds. The third-order valence-corrected chi connectivity index (χ3v) is 4.00. The smallest absolute Gasteiger partial charge is 0.142 e. The van der Waals surface area contributed by atoms with Gasteiger partial charge in [-0.05, 0) is 24.6 Å². The van der Waals surface area contributed by atoms with Gasteiger partial charge in [0.15, 0.2) is 0 Å². The van der Waals surface area contributed by atoms with Gasteiger partial charge in [-0.2, -0.15) is 0 Å². The van der Waals surface area contributed by atoms with E-state index in [2.05, 4.69) is 22.3 Å². The Morgan fingerprint density at radius 1 is 1.08 bits per heavy atom. The highest BCUT2D eigenvalue weighted by atomic mass is 16.5. The van der Waals surface area contributed by atoms with E-state index < -0.39 is 5.97 Å². The Balaban J connectivity index is 0.000000185. The molecule has 1 fully saturated rings. The summed E-state index contributed by atoms with van der Waals surface area (Å²) in [5.74, 6) is -0.132. The van der Waals surface area contributed by atoms with E-state index >= 15 is 0 Å². The van der Waals surface area contributed by atoms with Crippen LogP contribution in [0, 0.1) is 6.92 Å². The fourth-order valence-electron chi connectivity index (χ4n) is 2.68. The van der Waals surface area contributed by atoms with E-state index in [1.54, 1.807) is 32.2 Å². The Labute approximate surface area is 142 Å². The molecular weight excluding hydrogens is 304 g/mol. The molecule has 5 nitrogen and oxygen atoms in total. The number of carboxylic acid groups (broad SMARTS) is 1. The third-order valence-electron chi connectivity index (χ3n) is 4.00. The number of piperazine rings is 1. The molecule has 1 heterocycles. The van der Waals surface area contributed by atoms with Crippen LogP contribution in [0.15, 0.2) is 48.5 Å². The van der Waals surface area contributed by atoms with Gasteiger partial charge in [0.05, 0.1) is 44.9 Å². The highest BCUT2D eigenvalue weighted by molar-refractivity contribution is 5.87. The first kappa shape index (κ1) is 17.8. The minimum Gasteiger partial charge on any atom is -0.545 e. The molecule has 0 radical (unpaired) electrons. The molecule has 2 aromatic rings. The number of hydrogen-bond acceptors (Lipinski definition) is 4. The molecule has 0 spiro atoms. The molecule has 5 heteroatoms. The van der Waals surface area contributed by atoms with Gasteiger partial charge in [0, 0.05) is 5.56 Å². The zero-order valence-corrected chi connectivity index (χ0v) is 14.2. The number of carboxylic acids is 1.